The van der Waals surface area contributed by atoms with E-state index in [9.17, 15) is 0 Å². The molecule has 0 radical (unpaired) electrons. The highest BCUT2D eigenvalue weighted by Crippen LogP contribution is 2.23. The third-order valence-electron chi connectivity index (χ3n) is 2.46. The lowest BCUT2D eigenvalue weighted by molar-refractivity contribution is 0.308. The van der Waals surface area contributed by atoms with Crippen LogP contribution in [-0.4, -0.2) is 38.8 Å². The Morgan fingerprint density at radius 1 is 1.18 bits per heavy atom. The Balaban J connectivity index is 2.75. The third-order valence-corrected chi connectivity index (χ3v) is 2.46. The van der Waals surface area contributed by atoms with Crippen molar-refractivity contribution in [1.29, 1.82) is 0 Å². The van der Waals surface area contributed by atoms with Crippen molar-refractivity contribution in [2.24, 2.45) is 5.73 Å². The van der Waals surface area contributed by atoms with Gasteiger partial charge in [0.1, 0.15) is 11.5 Å². The van der Waals surface area contributed by atoms with Gasteiger partial charge in [-0.1, -0.05) is 0 Å². The molecular weight excluding hydrogens is 216 g/mol. The minimum absolute atomic E-state index is 0.174. The van der Waals surface area contributed by atoms with Gasteiger partial charge in [0.05, 0.1) is 14.2 Å². The van der Waals surface area contributed by atoms with E-state index in [0.29, 0.717) is 0 Å². The first-order chi connectivity index (χ1) is 8.05. The van der Waals surface area contributed by atoms with E-state index < -0.39 is 0 Å². The van der Waals surface area contributed by atoms with Crippen molar-refractivity contribution < 1.29 is 9.47 Å². The van der Waals surface area contributed by atoms with E-state index in [4.69, 9.17) is 15.2 Å². The molecule has 4 heteroatoms. The maximum Gasteiger partial charge on any atom is 0.122 e. The lowest BCUT2D eigenvalue weighted by Crippen LogP contribution is -2.32. The number of hydrogen-bond acceptors (Lipinski definition) is 4. The molecule has 1 atom stereocenters. The molecule has 1 unspecified atom stereocenters. The second-order valence-electron chi connectivity index (χ2n) is 4.39. The summed E-state index contributed by atoms with van der Waals surface area (Å²) in [6, 6.07) is 6.07. The Bertz CT molecular complexity index is 331. The Kier molecular flexibility index (Phi) is 5.25. The fourth-order valence-electron chi connectivity index (χ4n) is 1.83. The van der Waals surface area contributed by atoms with Gasteiger partial charge in [0.25, 0.3) is 0 Å². The van der Waals surface area contributed by atoms with Crippen LogP contribution in [0, 0.1) is 0 Å². The van der Waals surface area contributed by atoms with Gasteiger partial charge in [0.2, 0.25) is 0 Å². The smallest absolute Gasteiger partial charge is 0.122 e. The minimum Gasteiger partial charge on any atom is -0.497 e. The number of hydrogen-bond donors (Lipinski definition) is 1. The predicted molar refractivity (Wildman–Crippen MR) is 69.5 cm³/mol. The number of nitrogens with zero attached hydrogens (tertiary/aromatic N) is 1. The Hall–Kier alpha value is -1.26. The summed E-state index contributed by atoms with van der Waals surface area (Å²) < 4.78 is 10.5. The van der Waals surface area contributed by atoms with Crippen LogP contribution in [0.3, 0.4) is 0 Å². The average Bonchev–Trinajstić information content (AvgIpc) is 2.27. The van der Waals surface area contributed by atoms with E-state index in [1.807, 2.05) is 25.1 Å². The molecule has 0 aliphatic rings. The molecule has 0 fully saturated rings. The third kappa shape index (κ3) is 4.63. The number of methoxy groups -OCH3 is 2. The van der Waals surface area contributed by atoms with Crippen LogP contribution in [0.5, 0.6) is 11.5 Å². The molecule has 0 amide bonds. The van der Waals surface area contributed by atoms with Crippen molar-refractivity contribution in [1.82, 2.24) is 4.90 Å². The zero-order valence-corrected chi connectivity index (χ0v) is 11.1. The molecule has 2 N–H and O–H groups in total. The van der Waals surface area contributed by atoms with Gasteiger partial charge in [-0.2, -0.15) is 0 Å². The number of ether oxygens (including phenoxy) is 2. The molecule has 0 heterocycles. The van der Waals surface area contributed by atoms with Gasteiger partial charge in [0.15, 0.2) is 0 Å². The highest BCUT2D eigenvalue weighted by Gasteiger charge is 2.06. The molecule has 0 saturated carbocycles. The largest absolute Gasteiger partial charge is 0.497 e. The van der Waals surface area contributed by atoms with Gasteiger partial charge in [-0.25, -0.2) is 0 Å². The molecule has 17 heavy (non-hydrogen) atoms. The molecular formula is C13H22N2O2. The van der Waals surface area contributed by atoms with Crippen molar-refractivity contribution in [2.75, 3.05) is 27.8 Å². The zero-order valence-electron chi connectivity index (χ0n) is 11.1. The van der Waals surface area contributed by atoms with Crippen LogP contribution in [0.25, 0.3) is 0 Å². The second kappa shape index (κ2) is 6.47. The van der Waals surface area contributed by atoms with Crippen molar-refractivity contribution in [3.63, 3.8) is 0 Å². The summed E-state index contributed by atoms with van der Waals surface area (Å²) in [4.78, 5) is 2.18. The predicted octanol–water partition coefficient (Wildman–Crippen LogP) is 1.48. The van der Waals surface area contributed by atoms with Crippen molar-refractivity contribution in [3.8, 4) is 11.5 Å². The molecule has 0 saturated heterocycles. The summed E-state index contributed by atoms with van der Waals surface area (Å²) in [5.74, 6) is 1.63. The fraction of sp³-hybridized carbons (Fsp3) is 0.538. The monoisotopic (exact) mass is 238 g/mol. The maximum atomic E-state index is 5.77. The van der Waals surface area contributed by atoms with Crippen LogP contribution in [0.4, 0.5) is 0 Å². The van der Waals surface area contributed by atoms with Crippen LogP contribution in [0.1, 0.15) is 12.5 Å². The first kappa shape index (κ1) is 13.8. The Morgan fingerprint density at radius 3 is 2.12 bits per heavy atom. The Labute approximate surface area is 103 Å². The molecule has 96 valence electrons. The number of benzene rings is 1. The van der Waals surface area contributed by atoms with Crippen molar-refractivity contribution in [3.05, 3.63) is 23.8 Å². The molecule has 0 aromatic heterocycles. The van der Waals surface area contributed by atoms with E-state index in [1.165, 1.54) is 0 Å². The average molecular weight is 238 g/mol. The molecule has 4 nitrogen and oxygen atoms in total. The van der Waals surface area contributed by atoms with Crippen LogP contribution < -0.4 is 15.2 Å². The molecule has 1 aromatic rings. The second-order valence-corrected chi connectivity index (χ2v) is 4.39. The normalized spacial score (nSPS) is 12.6. The lowest BCUT2D eigenvalue weighted by atomic mass is 10.2. The van der Waals surface area contributed by atoms with Gasteiger partial charge in [-0.3, -0.25) is 0 Å². The van der Waals surface area contributed by atoms with Gasteiger partial charge < -0.3 is 20.1 Å². The van der Waals surface area contributed by atoms with E-state index in [0.717, 1.165) is 30.2 Å². The van der Waals surface area contributed by atoms with Gasteiger partial charge in [-0.15, -0.1) is 0 Å². The summed E-state index contributed by atoms with van der Waals surface area (Å²) in [6.07, 6.45) is 0. The van der Waals surface area contributed by atoms with Crippen molar-refractivity contribution >= 4 is 0 Å². The van der Waals surface area contributed by atoms with Gasteiger partial charge in [-0.05, 0) is 31.7 Å². The van der Waals surface area contributed by atoms with E-state index in [2.05, 4.69) is 11.9 Å². The highest BCUT2D eigenvalue weighted by atomic mass is 16.5. The molecule has 1 rings (SSSR count). The maximum absolute atomic E-state index is 5.77. The summed E-state index contributed by atoms with van der Waals surface area (Å²) >= 11 is 0. The van der Waals surface area contributed by atoms with Crippen LogP contribution in [0.15, 0.2) is 18.2 Å². The Morgan fingerprint density at radius 2 is 1.71 bits per heavy atom. The summed E-state index contributed by atoms with van der Waals surface area (Å²) in [6.45, 7) is 3.69. The standard InChI is InChI=1S/C13H22N2O2/c1-10(14)8-15(2)9-11-5-12(16-3)7-13(6-11)17-4/h5-7,10H,8-9,14H2,1-4H3. The first-order valence-corrected chi connectivity index (χ1v) is 5.71. The first-order valence-electron chi connectivity index (χ1n) is 5.71. The lowest BCUT2D eigenvalue weighted by Gasteiger charge is -2.19. The van der Waals surface area contributed by atoms with Crippen molar-refractivity contribution in [2.45, 2.75) is 19.5 Å². The van der Waals surface area contributed by atoms with Gasteiger partial charge in [0, 0.05) is 25.2 Å². The van der Waals surface area contributed by atoms with Crippen LogP contribution >= 0.6 is 0 Å². The molecule has 0 aliphatic carbocycles. The number of nitrogens with two attached hydrogens (primary N) is 1. The fourth-order valence-corrected chi connectivity index (χ4v) is 1.83. The molecule has 0 bridgehead atoms. The van der Waals surface area contributed by atoms with E-state index in [1.54, 1.807) is 14.2 Å². The molecule has 0 aliphatic heterocycles. The number of likely N-dealkylation sites (N-methyl/N-ethyl adjacent to an activating group) is 1. The molecule has 1 aromatic carbocycles. The van der Waals surface area contributed by atoms with E-state index >= 15 is 0 Å². The minimum atomic E-state index is 0.174. The highest BCUT2D eigenvalue weighted by molar-refractivity contribution is 5.38. The topological polar surface area (TPSA) is 47.7 Å². The summed E-state index contributed by atoms with van der Waals surface area (Å²) in [7, 11) is 5.36. The number of rotatable bonds is 6. The summed E-state index contributed by atoms with van der Waals surface area (Å²) in [5.41, 5.74) is 6.92. The zero-order chi connectivity index (χ0) is 12.8. The quantitative estimate of drug-likeness (QED) is 0.815. The van der Waals surface area contributed by atoms with E-state index in [-0.39, 0.29) is 6.04 Å². The molecule has 0 spiro atoms. The van der Waals surface area contributed by atoms with Gasteiger partial charge >= 0.3 is 0 Å². The summed E-state index contributed by atoms with van der Waals surface area (Å²) in [5, 5.41) is 0. The van der Waals surface area contributed by atoms with Crippen LogP contribution in [0.2, 0.25) is 0 Å². The SMILES string of the molecule is COc1cc(CN(C)CC(C)N)cc(OC)c1. The van der Waals surface area contributed by atoms with Crippen LogP contribution in [-0.2, 0) is 6.54 Å².